The van der Waals surface area contributed by atoms with Crippen molar-refractivity contribution in [2.24, 2.45) is 5.84 Å². The van der Waals surface area contributed by atoms with Crippen LogP contribution in [-0.2, 0) is 4.79 Å². The Morgan fingerprint density at radius 2 is 2.44 bits per heavy atom. The van der Waals surface area contributed by atoms with E-state index in [0.717, 1.165) is 25.5 Å². The van der Waals surface area contributed by atoms with E-state index in [0.29, 0.717) is 0 Å². The maximum Gasteiger partial charge on any atom is 0.138 e. The van der Waals surface area contributed by atoms with Gasteiger partial charge in [-0.3, -0.25) is 11.3 Å². The molecule has 1 atom stereocenters. The predicted octanol–water partition coefficient (Wildman–Crippen LogP) is 0.207. The van der Waals surface area contributed by atoms with Crippen LogP contribution in [0.1, 0.15) is 26.2 Å². The second-order valence-electron chi connectivity index (χ2n) is 2.05. The standard InChI is InChI=1S/C6H14N2O/c1-2-3-4-6(5-9)8-7/h5-6,8H,2-4,7H2,1H3/t6-/m0/s1. The molecule has 0 saturated heterocycles. The highest BCUT2D eigenvalue weighted by Crippen LogP contribution is 1.96. The summed E-state index contributed by atoms with van der Waals surface area (Å²) in [6.07, 6.45) is 3.84. The summed E-state index contributed by atoms with van der Waals surface area (Å²) < 4.78 is 0. The van der Waals surface area contributed by atoms with Gasteiger partial charge in [0.1, 0.15) is 6.29 Å². The Morgan fingerprint density at radius 1 is 1.78 bits per heavy atom. The quantitative estimate of drug-likeness (QED) is 0.318. The van der Waals surface area contributed by atoms with Crippen LogP contribution < -0.4 is 11.3 Å². The molecule has 0 aliphatic carbocycles. The van der Waals surface area contributed by atoms with Gasteiger partial charge in [-0.25, -0.2) is 0 Å². The van der Waals surface area contributed by atoms with Crippen LogP contribution in [0.5, 0.6) is 0 Å². The van der Waals surface area contributed by atoms with Crippen LogP contribution in [0.2, 0.25) is 0 Å². The summed E-state index contributed by atoms with van der Waals surface area (Å²) in [5.74, 6) is 5.04. The van der Waals surface area contributed by atoms with Crippen LogP contribution in [-0.4, -0.2) is 12.3 Å². The van der Waals surface area contributed by atoms with Crippen LogP contribution in [0.3, 0.4) is 0 Å². The summed E-state index contributed by atoms with van der Waals surface area (Å²) in [4.78, 5) is 10.1. The molecule has 3 N–H and O–H groups in total. The Kier molecular flexibility index (Phi) is 5.46. The number of carbonyl (C=O) groups excluding carboxylic acids is 1. The van der Waals surface area contributed by atoms with Gasteiger partial charge in [-0.05, 0) is 6.42 Å². The molecule has 0 amide bonds. The Labute approximate surface area is 55.6 Å². The SMILES string of the molecule is CCCC[C@@H](C=O)NN. The Hall–Kier alpha value is -0.410. The molecule has 0 fully saturated rings. The Morgan fingerprint density at radius 3 is 2.78 bits per heavy atom. The van der Waals surface area contributed by atoms with Gasteiger partial charge in [-0.15, -0.1) is 0 Å². The smallest absolute Gasteiger partial charge is 0.138 e. The molecule has 0 aliphatic rings. The van der Waals surface area contributed by atoms with E-state index in [1.165, 1.54) is 0 Å². The summed E-state index contributed by atoms with van der Waals surface area (Å²) in [5, 5.41) is 0. The van der Waals surface area contributed by atoms with Crippen molar-refractivity contribution in [2.45, 2.75) is 32.2 Å². The highest BCUT2D eigenvalue weighted by Gasteiger charge is 2.00. The van der Waals surface area contributed by atoms with E-state index in [1.54, 1.807) is 0 Å². The number of hydrogen-bond acceptors (Lipinski definition) is 3. The van der Waals surface area contributed by atoms with E-state index in [-0.39, 0.29) is 6.04 Å². The molecule has 54 valence electrons. The monoisotopic (exact) mass is 130 g/mol. The second kappa shape index (κ2) is 5.72. The molecule has 0 rings (SSSR count). The lowest BCUT2D eigenvalue weighted by Gasteiger charge is -2.05. The number of rotatable bonds is 5. The van der Waals surface area contributed by atoms with Crippen molar-refractivity contribution in [3.63, 3.8) is 0 Å². The number of hydrogen-bond donors (Lipinski definition) is 2. The normalized spacial score (nSPS) is 13.1. The van der Waals surface area contributed by atoms with E-state index < -0.39 is 0 Å². The van der Waals surface area contributed by atoms with E-state index in [1.807, 2.05) is 0 Å². The maximum atomic E-state index is 10.1. The van der Waals surface area contributed by atoms with E-state index in [2.05, 4.69) is 12.3 Å². The van der Waals surface area contributed by atoms with Gasteiger partial charge < -0.3 is 4.79 Å². The lowest BCUT2D eigenvalue weighted by molar-refractivity contribution is -0.109. The average molecular weight is 130 g/mol. The molecule has 0 spiro atoms. The number of unbranched alkanes of at least 4 members (excludes halogenated alkanes) is 1. The zero-order valence-corrected chi connectivity index (χ0v) is 5.76. The third kappa shape index (κ3) is 4.12. The second-order valence-corrected chi connectivity index (χ2v) is 2.05. The van der Waals surface area contributed by atoms with Crippen molar-refractivity contribution in [3.8, 4) is 0 Å². The van der Waals surface area contributed by atoms with Gasteiger partial charge in [-0.2, -0.15) is 0 Å². The van der Waals surface area contributed by atoms with Gasteiger partial charge in [-0.1, -0.05) is 19.8 Å². The number of nitrogens with one attached hydrogen (secondary N) is 1. The highest BCUT2D eigenvalue weighted by atomic mass is 16.1. The molecule has 0 saturated carbocycles. The first kappa shape index (κ1) is 8.59. The van der Waals surface area contributed by atoms with Crippen molar-refractivity contribution in [2.75, 3.05) is 0 Å². The first-order valence-corrected chi connectivity index (χ1v) is 3.26. The summed E-state index contributed by atoms with van der Waals surface area (Å²) in [6.45, 7) is 2.08. The summed E-state index contributed by atoms with van der Waals surface area (Å²) in [7, 11) is 0. The number of carbonyl (C=O) groups is 1. The van der Waals surface area contributed by atoms with Crippen molar-refractivity contribution in [3.05, 3.63) is 0 Å². The van der Waals surface area contributed by atoms with Gasteiger partial charge in [0.2, 0.25) is 0 Å². The zero-order chi connectivity index (χ0) is 7.11. The molecule has 9 heavy (non-hydrogen) atoms. The lowest BCUT2D eigenvalue weighted by atomic mass is 10.1. The zero-order valence-electron chi connectivity index (χ0n) is 5.76. The maximum absolute atomic E-state index is 10.1. The first-order chi connectivity index (χ1) is 4.35. The van der Waals surface area contributed by atoms with Gasteiger partial charge in [0.25, 0.3) is 0 Å². The molecular formula is C6H14N2O. The topological polar surface area (TPSA) is 55.1 Å². The number of aldehydes is 1. The summed E-state index contributed by atoms with van der Waals surface area (Å²) >= 11 is 0. The molecule has 0 unspecified atom stereocenters. The molecule has 0 aromatic heterocycles. The number of nitrogens with two attached hydrogens (primary N) is 1. The third-order valence-corrected chi connectivity index (χ3v) is 1.25. The van der Waals surface area contributed by atoms with Gasteiger partial charge in [0.15, 0.2) is 0 Å². The minimum atomic E-state index is -0.148. The molecule has 0 radical (unpaired) electrons. The van der Waals surface area contributed by atoms with Crippen molar-refractivity contribution in [1.29, 1.82) is 0 Å². The van der Waals surface area contributed by atoms with Crippen molar-refractivity contribution >= 4 is 6.29 Å². The van der Waals surface area contributed by atoms with Crippen LogP contribution in [0.25, 0.3) is 0 Å². The Bertz CT molecular complexity index is 75.5. The summed E-state index contributed by atoms with van der Waals surface area (Å²) in [5.41, 5.74) is 2.42. The average Bonchev–Trinajstić information content (AvgIpc) is 1.91. The van der Waals surface area contributed by atoms with Crippen LogP contribution in [0.4, 0.5) is 0 Å². The molecule has 0 heterocycles. The first-order valence-electron chi connectivity index (χ1n) is 3.26. The molecule has 0 aliphatic heterocycles. The molecule has 0 aromatic rings. The van der Waals surface area contributed by atoms with Gasteiger partial charge >= 0.3 is 0 Å². The highest BCUT2D eigenvalue weighted by molar-refractivity contribution is 5.57. The molecule has 3 nitrogen and oxygen atoms in total. The fourth-order valence-electron chi connectivity index (χ4n) is 0.615. The minimum Gasteiger partial charge on any atom is -0.302 e. The van der Waals surface area contributed by atoms with E-state index in [9.17, 15) is 4.79 Å². The van der Waals surface area contributed by atoms with Crippen molar-refractivity contribution in [1.82, 2.24) is 5.43 Å². The third-order valence-electron chi connectivity index (χ3n) is 1.25. The fourth-order valence-corrected chi connectivity index (χ4v) is 0.615. The largest absolute Gasteiger partial charge is 0.302 e. The van der Waals surface area contributed by atoms with Crippen LogP contribution in [0, 0.1) is 0 Å². The fraction of sp³-hybridized carbons (Fsp3) is 0.833. The predicted molar refractivity (Wildman–Crippen MR) is 36.7 cm³/mol. The minimum absolute atomic E-state index is 0.148. The van der Waals surface area contributed by atoms with Gasteiger partial charge in [0.05, 0.1) is 6.04 Å². The Balaban J connectivity index is 3.20. The lowest BCUT2D eigenvalue weighted by Crippen LogP contribution is -2.36. The van der Waals surface area contributed by atoms with Crippen molar-refractivity contribution < 1.29 is 4.79 Å². The van der Waals surface area contributed by atoms with Crippen LogP contribution >= 0.6 is 0 Å². The molecule has 0 bridgehead atoms. The molecule has 3 heteroatoms. The van der Waals surface area contributed by atoms with E-state index >= 15 is 0 Å². The number of hydrazine groups is 1. The molecular weight excluding hydrogens is 116 g/mol. The van der Waals surface area contributed by atoms with Gasteiger partial charge in [0, 0.05) is 0 Å². The summed E-state index contributed by atoms with van der Waals surface area (Å²) in [6, 6.07) is -0.148. The van der Waals surface area contributed by atoms with E-state index in [4.69, 9.17) is 5.84 Å². The van der Waals surface area contributed by atoms with Crippen LogP contribution in [0.15, 0.2) is 0 Å². The molecule has 0 aromatic carbocycles.